The van der Waals surface area contributed by atoms with E-state index in [9.17, 15) is 0 Å². The third-order valence-electron chi connectivity index (χ3n) is 10.9. The van der Waals surface area contributed by atoms with E-state index in [1.165, 1.54) is 28.1 Å². The minimum absolute atomic E-state index is 0.0325. The normalized spacial score (nSPS) is 27.7. The average molecular weight is 624 g/mol. The molecule has 5 aliphatic rings. The first-order valence-corrected chi connectivity index (χ1v) is 16.8. The highest BCUT2D eigenvalue weighted by Crippen LogP contribution is 2.62. The Bertz CT molecular complexity index is 1790. The predicted octanol–water partition coefficient (Wildman–Crippen LogP) is 8.22. The van der Waals surface area contributed by atoms with E-state index >= 15 is 0 Å². The predicted molar refractivity (Wildman–Crippen MR) is 197 cm³/mol. The molecule has 4 heterocycles. The summed E-state index contributed by atoms with van der Waals surface area (Å²) in [5, 5.41) is 7.92. The van der Waals surface area contributed by atoms with Gasteiger partial charge in [-0.3, -0.25) is 14.9 Å². The number of likely N-dealkylation sites (N-methyl/N-ethyl adjacent to an activating group) is 1. The molecule has 2 aromatic carbocycles. The summed E-state index contributed by atoms with van der Waals surface area (Å²) in [6.45, 7) is 16.9. The second-order valence-corrected chi connectivity index (χ2v) is 12.9. The van der Waals surface area contributed by atoms with Crippen LogP contribution in [0.1, 0.15) is 45.1 Å². The number of para-hydroxylation sites is 2. The summed E-state index contributed by atoms with van der Waals surface area (Å²) in [5.74, 6) is 2.14. The number of hydrogen-bond donors (Lipinski definition) is 0. The maximum atomic E-state index is 5.55. The van der Waals surface area contributed by atoms with Crippen molar-refractivity contribution in [2.24, 2.45) is 32.3 Å². The lowest BCUT2D eigenvalue weighted by atomic mass is 9.60. The number of amidine groups is 2. The molecule has 1 aliphatic carbocycles. The number of allylic oxidation sites excluding steroid dienone is 5. The van der Waals surface area contributed by atoms with Crippen LogP contribution in [0.3, 0.4) is 0 Å². The van der Waals surface area contributed by atoms with Crippen LogP contribution in [-0.2, 0) is 0 Å². The summed E-state index contributed by atoms with van der Waals surface area (Å²) in [7, 11) is 4.04. The van der Waals surface area contributed by atoms with Crippen molar-refractivity contribution in [2.45, 2.75) is 51.9 Å². The number of fused-ring (bicyclic) bond motifs is 6. The quantitative estimate of drug-likeness (QED) is 0.220. The van der Waals surface area contributed by atoms with Crippen LogP contribution in [0, 0.1) is 17.3 Å². The third-order valence-corrected chi connectivity index (χ3v) is 10.9. The standard InChI is InChI=1S/C40H45N7/c1-8-19-27(9-2)36-43-47-32-25-18-16-23-30(32)35(40(10-3,11-4)39(47)45(36)28-20-13-12-14-21-28)34-29-22-15-17-24-31(29)46-37(42-6)33(26-41-5)44(7)38(34)46/h8-9,12-18,20-22,24-27,30,38-39H,1-2,5,10-11,19,23H2,3-4,6-7H3/b33-26+,35-34+,42-37+. The van der Waals surface area contributed by atoms with Gasteiger partial charge in [-0.15, -0.1) is 13.2 Å². The van der Waals surface area contributed by atoms with Gasteiger partial charge in [-0.2, -0.15) is 5.10 Å². The van der Waals surface area contributed by atoms with Gasteiger partial charge in [0.2, 0.25) is 0 Å². The van der Waals surface area contributed by atoms with Crippen molar-refractivity contribution in [3.05, 3.63) is 127 Å². The largest absolute Gasteiger partial charge is 0.346 e. The average Bonchev–Trinajstić information content (AvgIpc) is 3.76. The van der Waals surface area contributed by atoms with Gasteiger partial charge < -0.3 is 9.80 Å². The summed E-state index contributed by atoms with van der Waals surface area (Å²) in [5.41, 5.74) is 8.46. The molecule has 7 nitrogen and oxygen atoms in total. The van der Waals surface area contributed by atoms with Crippen LogP contribution in [0.2, 0.25) is 0 Å². The summed E-state index contributed by atoms with van der Waals surface area (Å²) in [6, 6.07) is 19.6. The number of nitrogens with zero attached hydrogens (tertiary/aromatic N) is 7. The second kappa shape index (κ2) is 12.0. The van der Waals surface area contributed by atoms with Gasteiger partial charge in [0.15, 0.2) is 5.84 Å². The van der Waals surface area contributed by atoms with E-state index < -0.39 is 0 Å². The molecule has 4 aliphatic heterocycles. The molecule has 2 fully saturated rings. The van der Waals surface area contributed by atoms with Gasteiger partial charge in [0.25, 0.3) is 0 Å². The lowest BCUT2D eigenvalue weighted by Gasteiger charge is -2.55. The third kappa shape index (κ3) is 4.28. The molecule has 0 aromatic heterocycles. The first-order valence-electron chi connectivity index (χ1n) is 16.8. The van der Waals surface area contributed by atoms with Gasteiger partial charge >= 0.3 is 0 Å². The first-order chi connectivity index (χ1) is 23.0. The molecule has 2 aromatic rings. The fourth-order valence-electron chi connectivity index (χ4n) is 8.85. The molecule has 240 valence electrons. The molecule has 4 unspecified atom stereocenters. The highest BCUT2D eigenvalue weighted by molar-refractivity contribution is 6.18. The molecule has 4 atom stereocenters. The smallest absolute Gasteiger partial charge is 0.155 e. The number of rotatable bonds is 8. The van der Waals surface area contributed by atoms with E-state index in [0.29, 0.717) is 0 Å². The van der Waals surface area contributed by atoms with Crippen LogP contribution < -0.4 is 9.80 Å². The molecule has 7 heteroatoms. The van der Waals surface area contributed by atoms with Gasteiger partial charge in [-0.25, -0.2) is 5.01 Å². The van der Waals surface area contributed by atoms with Crippen molar-refractivity contribution in [2.75, 3.05) is 23.9 Å². The Morgan fingerprint density at radius 2 is 1.79 bits per heavy atom. The molecule has 0 amide bonds. The highest BCUT2D eigenvalue weighted by atomic mass is 15.6. The fourth-order valence-corrected chi connectivity index (χ4v) is 8.85. The van der Waals surface area contributed by atoms with Gasteiger partial charge in [-0.05, 0) is 62.2 Å². The van der Waals surface area contributed by atoms with Crippen LogP contribution in [-0.4, -0.2) is 54.7 Å². The Morgan fingerprint density at radius 1 is 1.04 bits per heavy atom. The van der Waals surface area contributed by atoms with Crippen LogP contribution in [0.25, 0.3) is 5.57 Å². The van der Waals surface area contributed by atoms with E-state index in [2.05, 4.69) is 138 Å². The summed E-state index contributed by atoms with van der Waals surface area (Å²) >= 11 is 0. The number of benzene rings is 2. The molecule has 2 saturated heterocycles. The zero-order valence-corrected chi connectivity index (χ0v) is 28.0. The number of hydrazone groups is 1. The van der Waals surface area contributed by atoms with Gasteiger partial charge in [0, 0.05) is 53.9 Å². The minimum Gasteiger partial charge on any atom is -0.346 e. The fraction of sp³-hybridized carbons (Fsp3) is 0.325. The lowest BCUT2D eigenvalue weighted by molar-refractivity contribution is 0.0814. The second-order valence-electron chi connectivity index (χ2n) is 12.9. The van der Waals surface area contributed by atoms with E-state index in [1.807, 2.05) is 25.4 Å². The van der Waals surface area contributed by atoms with E-state index in [4.69, 9.17) is 10.1 Å². The molecule has 0 N–H and O–H groups in total. The Kier molecular flexibility index (Phi) is 7.87. The van der Waals surface area contributed by atoms with Crippen molar-refractivity contribution >= 4 is 35.3 Å². The Labute approximate surface area is 279 Å². The van der Waals surface area contributed by atoms with Crippen molar-refractivity contribution in [1.29, 1.82) is 0 Å². The van der Waals surface area contributed by atoms with Crippen molar-refractivity contribution in [3.8, 4) is 0 Å². The maximum absolute atomic E-state index is 5.55. The minimum atomic E-state index is -0.250. The zero-order chi connectivity index (χ0) is 32.9. The van der Waals surface area contributed by atoms with E-state index in [-0.39, 0.29) is 29.6 Å². The van der Waals surface area contributed by atoms with Gasteiger partial charge in [0.1, 0.15) is 23.9 Å². The van der Waals surface area contributed by atoms with Crippen molar-refractivity contribution in [1.82, 2.24) is 9.91 Å². The number of aliphatic imine (C=N–C) groups is 2. The SMILES string of the molecule is C=CCC(C=C)C1=NN2C3=CC=CCC3/C(=C3/c4ccccc4N4C(=N/C)/C(=C\N=C)N(C)C34)C(CC)(CC)C2N1c1ccccc1. The summed E-state index contributed by atoms with van der Waals surface area (Å²) < 4.78 is 0. The monoisotopic (exact) mass is 623 g/mol. The molecule has 0 spiro atoms. The maximum Gasteiger partial charge on any atom is 0.155 e. The van der Waals surface area contributed by atoms with Crippen LogP contribution in [0.15, 0.2) is 136 Å². The molecular formula is C40H45N7. The highest BCUT2D eigenvalue weighted by Gasteiger charge is 2.60. The van der Waals surface area contributed by atoms with Gasteiger partial charge in [-0.1, -0.05) is 74.5 Å². The summed E-state index contributed by atoms with van der Waals surface area (Å²) in [6.07, 6.45) is 16.2. The Morgan fingerprint density at radius 3 is 2.47 bits per heavy atom. The molecule has 7 rings (SSSR count). The zero-order valence-electron chi connectivity index (χ0n) is 28.0. The Hall–Kier alpha value is -4.91. The van der Waals surface area contributed by atoms with Crippen LogP contribution >= 0.6 is 0 Å². The summed E-state index contributed by atoms with van der Waals surface area (Å²) in [4.78, 5) is 16.3. The number of hydrogen-bond acceptors (Lipinski definition) is 6. The molecule has 0 bridgehead atoms. The lowest BCUT2D eigenvalue weighted by Crippen LogP contribution is -2.60. The molecule has 0 saturated carbocycles. The van der Waals surface area contributed by atoms with Crippen LogP contribution in [0.4, 0.5) is 11.4 Å². The Balaban J connectivity index is 1.56. The molecule has 0 radical (unpaired) electrons. The molecule has 47 heavy (non-hydrogen) atoms. The topological polar surface area (TPSA) is 50.0 Å². The van der Waals surface area contributed by atoms with E-state index in [1.54, 1.807) is 0 Å². The molecular weight excluding hydrogens is 578 g/mol. The van der Waals surface area contributed by atoms with E-state index in [0.717, 1.165) is 48.7 Å². The van der Waals surface area contributed by atoms with Crippen molar-refractivity contribution < 1.29 is 0 Å². The first kappa shape index (κ1) is 30.7. The van der Waals surface area contributed by atoms with Gasteiger partial charge in [0.05, 0.1) is 11.9 Å². The number of piperidine rings is 1. The van der Waals surface area contributed by atoms with Crippen LogP contribution in [0.5, 0.6) is 0 Å². The number of anilines is 2. The van der Waals surface area contributed by atoms with Crippen molar-refractivity contribution in [3.63, 3.8) is 0 Å².